The summed E-state index contributed by atoms with van der Waals surface area (Å²) in [6.45, 7) is 5.18. The Kier molecular flexibility index (Phi) is 5.13. The van der Waals surface area contributed by atoms with Gasteiger partial charge in [-0.1, -0.05) is 0 Å². The Labute approximate surface area is 185 Å². The van der Waals surface area contributed by atoms with E-state index < -0.39 is 0 Å². The number of benzene rings is 2. The van der Waals surface area contributed by atoms with Crippen molar-refractivity contribution >= 4 is 22.8 Å². The molecule has 3 heterocycles. The van der Waals surface area contributed by atoms with Crippen LogP contribution in [0.5, 0.6) is 11.5 Å². The number of aryl methyl sites for hydroxylation is 2. The molecule has 0 bridgehead atoms. The number of hydrogen-bond acceptors (Lipinski definition) is 6. The van der Waals surface area contributed by atoms with Crippen molar-refractivity contribution in [3.8, 4) is 11.5 Å². The standard InChI is InChI=1S/C24H24N4O4/c1-14-15(2)26-20-11-16(3-5-19(20)25-14)23(29)27-18-7-9-28(10-8-18)24(30)17-4-6-21-22(12-17)32-13-31-21/h3-6,11-12,18H,7-10,13H2,1-2H3,(H,27,29). The Balaban J connectivity index is 1.20. The molecule has 5 rings (SSSR count). The van der Waals surface area contributed by atoms with Crippen LogP contribution in [-0.4, -0.2) is 52.6 Å². The molecule has 0 atom stereocenters. The van der Waals surface area contributed by atoms with Crippen LogP contribution in [0.25, 0.3) is 11.0 Å². The summed E-state index contributed by atoms with van der Waals surface area (Å²) in [5.41, 5.74) is 4.38. The maximum Gasteiger partial charge on any atom is 0.253 e. The molecule has 32 heavy (non-hydrogen) atoms. The van der Waals surface area contributed by atoms with Gasteiger partial charge in [-0.05, 0) is 63.1 Å². The zero-order valence-electron chi connectivity index (χ0n) is 18.1. The van der Waals surface area contributed by atoms with Gasteiger partial charge in [-0.15, -0.1) is 0 Å². The fraction of sp³-hybridized carbons (Fsp3) is 0.333. The smallest absolute Gasteiger partial charge is 0.253 e. The summed E-state index contributed by atoms with van der Waals surface area (Å²) >= 11 is 0. The normalized spacial score (nSPS) is 15.8. The molecule has 164 valence electrons. The van der Waals surface area contributed by atoms with Crippen molar-refractivity contribution in [3.05, 3.63) is 58.9 Å². The van der Waals surface area contributed by atoms with Crippen molar-refractivity contribution < 1.29 is 19.1 Å². The number of amides is 2. The Morgan fingerprint density at radius 3 is 2.38 bits per heavy atom. The molecule has 0 spiro atoms. The number of ether oxygens (including phenoxy) is 2. The van der Waals surface area contributed by atoms with Gasteiger partial charge in [-0.25, -0.2) is 9.97 Å². The van der Waals surface area contributed by atoms with Gasteiger partial charge >= 0.3 is 0 Å². The van der Waals surface area contributed by atoms with Crippen LogP contribution in [0.4, 0.5) is 0 Å². The van der Waals surface area contributed by atoms with Gasteiger partial charge in [-0.3, -0.25) is 9.59 Å². The number of hydrogen-bond donors (Lipinski definition) is 1. The number of piperidine rings is 1. The highest BCUT2D eigenvalue weighted by Crippen LogP contribution is 2.33. The Hall–Kier alpha value is -3.68. The summed E-state index contributed by atoms with van der Waals surface area (Å²) in [7, 11) is 0. The van der Waals surface area contributed by atoms with Crippen LogP contribution in [0.15, 0.2) is 36.4 Å². The predicted octanol–water partition coefficient (Wildman–Crippen LogP) is 3.01. The number of nitrogens with zero attached hydrogens (tertiary/aromatic N) is 3. The molecule has 0 aliphatic carbocycles. The fourth-order valence-electron chi connectivity index (χ4n) is 4.08. The lowest BCUT2D eigenvalue weighted by molar-refractivity contribution is 0.0697. The second kappa shape index (κ2) is 8.11. The van der Waals surface area contributed by atoms with Crippen LogP contribution in [-0.2, 0) is 0 Å². The summed E-state index contributed by atoms with van der Waals surface area (Å²) < 4.78 is 10.7. The number of carbonyl (C=O) groups excluding carboxylic acids is 2. The van der Waals surface area contributed by atoms with E-state index in [1.165, 1.54) is 0 Å². The Bertz CT molecular complexity index is 1220. The summed E-state index contributed by atoms with van der Waals surface area (Å²) in [5, 5.41) is 3.10. The highest BCUT2D eigenvalue weighted by atomic mass is 16.7. The van der Waals surface area contributed by atoms with E-state index in [-0.39, 0.29) is 24.6 Å². The minimum Gasteiger partial charge on any atom is -0.454 e. The van der Waals surface area contributed by atoms with Crippen molar-refractivity contribution in [3.63, 3.8) is 0 Å². The number of likely N-dealkylation sites (tertiary alicyclic amines) is 1. The average Bonchev–Trinajstić information content (AvgIpc) is 3.27. The fourth-order valence-corrected chi connectivity index (χ4v) is 4.08. The number of rotatable bonds is 3. The third-order valence-electron chi connectivity index (χ3n) is 6.07. The molecule has 2 aromatic carbocycles. The van der Waals surface area contributed by atoms with E-state index in [9.17, 15) is 9.59 Å². The minimum absolute atomic E-state index is 0.0184. The Morgan fingerprint density at radius 1 is 0.906 bits per heavy atom. The number of nitrogens with one attached hydrogen (secondary N) is 1. The predicted molar refractivity (Wildman–Crippen MR) is 118 cm³/mol. The van der Waals surface area contributed by atoms with Gasteiger partial charge in [-0.2, -0.15) is 0 Å². The zero-order chi connectivity index (χ0) is 22.2. The molecule has 3 aromatic rings. The van der Waals surface area contributed by atoms with Crippen LogP contribution < -0.4 is 14.8 Å². The van der Waals surface area contributed by atoms with Gasteiger partial charge in [0.05, 0.1) is 22.4 Å². The first-order valence-electron chi connectivity index (χ1n) is 10.7. The molecule has 8 heteroatoms. The molecule has 1 fully saturated rings. The van der Waals surface area contributed by atoms with E-state index in [1.54, 1.807) is 30.3 Å². The molecule has 0 unspecified atom stereocenters. The highest BCUT2D eigenvalue weighted by Gasteiger charge is 2.26. The van der Waals surface area contributed by atoms with Crippen molar-refractivity contribution in [1.82, 2.24) is 20.2 Å². The first kappa shape index (κ1) is 20.2. The first-order chi connectivity index (χ1) is 15.5. The average molecular weight is 432 g/mol. The third kappa shape index (κ3) is 3.84. The highest BCUT2D eigenvalue weighted by molar-refractivity contribution is 5.97. The maximum absolute atomic E-state index is 12.9. The van der Waals surface area contributed by atoms with E-state index in [1.807, 2.05) is 24.8 Å². The quantitative estimate of drug-likeness (QED) is 0.684. The lowest BCUT2D eigenvalue weighted by atomic mass is 10.0. The van der Waals surface area contributed by atoms with Crippen LogP contribution in [0, 0.1) is 13.8 Å². The molecule has 0 radical (unpaired) electrons. The molecule has 8 nitrogen and oxygen atoms in total. The number of fused-ring (bicyclic) bond motifs is 2. The van der Waals surface area contributed by atoms with Gasteiger partial charge in [0.25, 0.3) is 11.8 Å². The largest absolute Gasteiger partial charge is 0.454 e. The lowest BCUT2D eigenvalue weighted by Gasteiger charge is -2.32. The van der Waals surface area contributed by atoms with Crippen molar-refractivity contribution in [1.29, 1.82) is 0 Å². The molecule has 1 aromatic heterocycles. The molecule has 2 aliphatic rings. The zero-order valence-corrected chi connectivity index (χ0v) is 18.1. The van der Waals surface area contributed by atoms with E-state index in [0.29, 0.717) is 54.1 Å². The van der Waals surface area contributed by atoms with E-state index in [2.05, 4.69) is 15.3 Å². The van der Waals surface area contributed by atoms with Crippen LogP contribution in [0.2, 0.25) is 0 Å². The first-order valence-corrected chi connectivity index (χ1v) is 10.7. The molecule has 2 aliphatic heterocycles. The molecule has 1 N–H and O–H groups in total. The Morgan fingerprint density at radius 2 is 1.59 bits per heavy atom. The van der Waals surface area contributed by atoms with Gasteiger partial charge in [0.1, 0.15) is 0 Å². The van der Waals surface area contributed by atoms with E-state index >= 15 is 0 Å². The number of aromatic nitrogens is 2. The summed E-state index contributed by atoms with van der Waals surface area (Å²) in [6.07, 6.45) is 1.40. The second-order valence-corrected chi connectivity index (χ2v) is 8.21. The molecule has 2 amide bonds. The molecular weight excluding hydrogens is 408 g/mol. The molecular formula is C24H24N4O4. The summed E-state index contributed by atoms with van der Waals surface area (Å²) in [5.74, 6) is 1.09. The second-order valence-electron chi connectivity index (χ2n) is 8.21. The van der Waals surface area contributed by atoms with Gasteiger partial charge in [0, 0.05) is 30.3 Å². The van der Waals surface area contributed by atoms with Crippen molar-refractivity contribution in [2.24, 2.45) is 0 Å². The van der Waals surface area contributed by atoms with Crippen molar-refractivity contribution in [2.75, 3.05) is 19.9 Å². The van der Waals surface area contributed by atoms with Crippen LogP contribution in [0.1, 0.15) is 44.9 Å². The van der Waals surface area contributed by atoms with E-state index in [0.717, 1.165) is 16.9 Å². The minimum atomic E-state index is -0.132. The monoisotopic (exact) mass is 432 g/mol. The van der Waals surface area contributed by atoms with Crippen LogP contribution >= 0.6 is 0 Å². The van der Waals surface area contributed by atoms with E-state index in [4.69, 9.17) is 9.47 Å². The third-order valence-corrected chi connectivity index (χ3v) is 6.07. The van der Waals surface area contributed by atoms with Gasteiger partial charge < -0.3 is 19.7 Å². The number of carbonyl (C=O) groups is 2. The van der Waals surface area contributed by atoms with Crippen LogP contribution in [0.3, 0.4) is 0 Å². The topological polar surface area (TPSA) is 93.7 Å². The molecule has 0 saturated carbocycles. The lowest BCUT2D eigenvalue weighted by Crippen LogP contribution is -2.46. The molecule has 1 saturated heterocycles. The summed E-state index contributed by atoms with van der Waals surface area (Å²) in [4.78, 5) is 36.5. The van der Waals surface area contributed by atoms with Crippen molar-refractivity contribution in [2.45, 2.75) is 32.7 Å². The summed E-state index contributed by atoms with van der Waals surface area (Å²) in [6, 6.07) is 10.7. The SMILES string of the molecule is Cc1nc2ccc(C(=O)NC3CCN(C(=O)c4ccc5c(c4)OCO5)CC3)cc2nc1C. The van der Waals surface area contributed by atoms with Gasteiger partial charge in [0.2, 0.25) is 6.79 Å². The maximum atomic E-state index is 12.9. The van der Waals surface area contributed by atoms with Gasteiger partial charge in [0.15, 0.2) is 11.5 Å².